The van der Waals surface area contributed by atoms with Gasteiger partial charge in [0.25, 0.3) is 0 Å². The number of methoxy groups -OCH3 is 1. The zero-order valence-corrected chi connectivity index (χ0v) is 18.8. The topological polar surface area (TPSA) is 99.0 Å². The molecule has 0 fully saturated rings. The second-order valence-corrected chi connectivity index (χ2v) is 9.62. The molecule has 0 aromatic heterocycles. The Hall–Kier alpha value is -2.73. The first-order chi connectivity index (χ1) is 13.8. The van der Waals surface area contributed by atoms with Crippen molar-refractivity contribution >= 4 is 5.97 Å². The van der Waals surface area contributed by atoms with Crippen molar-refractivity contribution in [3.8, 4) is 17.2 Å². The zero-order valence-electron chi connectivity index (χ0n) is 18.8. The van der Waals surface area contributed by atoms with Gasteiger partial charge in [-0.05, 0) is 57.3 Å². The van der Waals surface area contributed by atoms with Crippen LogP contribution >= 0.6 is 0 Å². The van der Waals surface area contributed by atoms with Gasteiger partial charge >= 0.3 is 5.97 Å². The van der Waals surface area contributed by atoms with E-state index in [-0.39, 0.29) is 28.9 Å². The molecule has 4 N–H and O–H groups in total. The number of benzene rings is 2. The lowest BCUT2D eigenvalue weighted by Crippen LogP contribution is -2.29. The highest BCUT2D eigenvalue weighted by Gasteiger charge is 2.30. The number of rotatable bonds is 6. The van der Waals surface area contributed by atoms with Crippen molar-refractivity contribution in [1.29, 1.82) is 0 Å². The standard InChI is InChI=1S/C24H33NO5/c1-23(2,3)16-11-15(12-17(21(16)27)24(4,5)6)20(22(28)29)25-13-14-8-9-18(26)19(10-14)30-7/h8-12,20,25-27H,13H2,1-7H3,(H,28,29). The summed E-state index contributed by atoms with van der Waals surface area (Å²) in [6.07, 6.45) is 0. The predicted octanol–water partition coefficient (Wildman–Crippen LogP) is 4.62. The number of aromatic hydroxyl groups is 2. The number of hydrogen-bond donors (Lipinski definition) is 4. The van der Waals surface area contributed by atoms with Crippen LogP contribution in [0.5, 0.6) is 17.2 Å². The lowest BCUT2D eigenvalue weighted by molar-refractivity contribution is -0.139. The van der Waals surface area contributed by atoms with Crippen molar-refractivity contribution in [1.82, 2.24) is 5.32 Å². The van der Waals surface area contributed by atoms with Gasteiger partial charge in [-0.3, -0.25) is 10.1 Å². The lowest BCUT2D eigenvalue weighted by Gasteiger charge is -2.29. The maximum absolute atomic E-state index is 12.1. The molecule has 0 saturated carbocycles. The normalized spacial score (nSPS) is 13.2. The van der Waals surface area contributed by atoms with Crippen molar-refractivity contribution in [2.75, 3.05) is 7.11 Å². The van der Waals surface area contributed by atoms with Crippen LogP contribution in [0.4, 0.5) is 0 Å². The van der Waals surface area contributed by atoms with Crippen LogP contribution in [-0.4, -0.2) is 28.4 Å². The number of carboxylic acids is 1. The first-order valence-corrected chi connectivity index (χ1v) is 9.95. The molecule has 164 valence electrons. The Balaban J connectivity index is 2.48. The van der Waals surface area contributed by atoms with Gasteiger partial charge in [0.05, 0.1) is 7.11 Å². The predicted molar refractivity (Wildman–Crippen MR) is 117 cm³/mol. The molecule has 1 atom stereocenters. The molecule has 0 radical (unpaired) electrons. The summed E-state index contributed by atoms with van der Waals surface area (Å²) in [6, 6.07) is 7.47. The minimum Gasteiger partial charge on any atom is -0.507 e. The van der Waals surface area contributed by atoms with E-state index in [4.69, 9.17) is 4.74 Å². The number of phenolic OH excluding ortho intramolecular Hbond substituents is 2. The summed E-state index contributed by atoms with van der Waals surface area (Å²) in [5, 5.41) is 33.6. The third kappa shape index (κ3) is 5.25. The molecule has 0 bridgehead atoms. The Morgan fingerprint density at radius 1 is 1.00 bits per heavy atom. The van der Waals surface area contributed by atoms with Gasteiger partial charge in [-0.15, -0.1) is 0 Å². The van der Waals surface area contributed by atoms with Gasteiger partial charge in [-0.1, -0.05) is 47.6 Å². The summed E-state index contributed by atoms with van der Waals surface area (Å²) in [5.74, 6) is -0.438. The van der Waals surface area contributed by atoms with Crippen LogP contribution in [0.15, 0.2) is 30.3 Å². The molecule has 6 heteroatoms. The molecule has 2 rings (SSSR count). The van der Waals surface area contributed by atoms with E-state index >= 15 is 0 Å². The molecule has 6 nitrogen and oxygen atoms in total. The summed E-state index contributed by atoms with van der Waals surface area (Å²) in [6.45, 7) is 12.2. The van der Waals surface area contributed by atoms with Gasteiger partial charge in [0.2, 0.25) is 0 Å². The average molecular weight is 416 g/mol. The maximum Gasteiger partial charge on any atom is 0.325 e. The van der Waals surface area contributed by atoms with E-state index in [0.29, 0.717) is 22.4 Å². The second kappa shape index (κ2) is 8.56. The number of carboxylic acid groups (broad SMARTS) is 1. The number of carbonyl (C=O) groups is 1. The smallest absolute Gasteiger partial charge is 0.325 e. The van der Waals surface area contributed by atoms with Gasteiger partial charge in [0, 0.05) is 6.54 Å². The third-order valence-corrected chi connectivity index (χ3v) is 5.08. The van der Waals surface area contributed by atoms with Crippen molar-refractivity contribution in [3.05, 3.63) is 52.6 Å². The van der Waals surface area contributed by atoms with Crippen LogP contribution in [0.1, 0.15) is 69.8 Å². The molecular weight excluding hydrogens is 382 g/mol. The fourth-order valence-corrected chi connectivity index (χ4v) is 3.37. The number of nitrogens with one attached hydrogen (secondary N) is 1. The fourth-order valence-electron chi connectivity index (χ4n) is 3.37. The summed E-state index contributed by atoms with van der Waals surface area (Å²) in [4.78, 5) is 12.1. The monoisotopic (exact) mass is 415 g/mol. The van der Waals surface area contributed by atoms with Crippen LogP contribution in [0.2, 0.25) is 0 Å². The summed E-state index contributed by atoms with van der Waals surface area (Å²) >= 11 is 0. The first-order valence-electron chi connectivity index (χ1n) is 9.95. The van der Waals surface area contributed by atoms with Crippen molar-refractivity contribution in [3.63, 3.8) is 0 Å². The Morgan fingerprint density at radius 2 is 1.53 bits per heavy atom. The Morgan fingerprint density at radius 3 is 1.97 bits per heavy atom. The van der Waals surface area contributed by atoms with Gasteiger partial charge in [0.1, 0.15) is 11.8 Å². The Bertz CT molecular complexity index is 887. The lowest BCUT2D eigenvalue weighted by atomic mass is 9.77. The molecule has 30 heavy (non-hydrogen) atoms. The largest absolute Gasteiger partial charge is 0.507 e. The van der Waals surface area contributed by atoms with Crippen molar-refractivity contribution in [2.24, 2.45) is 0 Å². The van der Waals surface area contributed by atoms with E-state index in [2.05, 4.69) is 5.32 Å². The Labute approximate surface area is 178 Å². The van der Waals surface area contributed by atoms with Crippen LogP contribution < -0.4 is 10.1 Å². The van der Waals surface area contributed by atoms with E-state index in [1.165, 1.54) is 13.2 Å². The van der Waals surface area contributed by atoms with Crippen LogP contribution in [0, 0.1) is 0 Å². The minimum atomic E-state index is -1.01. The first kappa shape index (κ1) is 23.5. The van der Waals surface area contributed by atoms with E-state index in [1.807, 2.05) is 41.5 Å². The maximum atomic E-state index is 12.1. The fraction of sp³-hybridized carbons (Fsp3) is 0.458. The van der Waals surface area contributed by atoms with Crippen LogP contribution in [-0.2, 0) is 22.2 Å². The SMILES string of the molecule is COc1cc(CNC(C(=O)O)c2cc(C(C)(C)C)c(O)c(C(C)(C)C)c2)ccc1O. The summed E-state index contributed by atoms with van der Waals surface area (Å²) in [7, 11) is 1.46. The van der Waals surface area contributed by atoms with Gasteiger partial charge in [-0.2, -0.15) is 0 Å². The molecular formula is C24H33NO5. The molecule has 0 aliphatic heterocycles. The van der Waals surface area contributed by atoms with E-state index in [0.717, 1.165) is 5.56 Å². The van der Waals surface area contributed by atoms with Crippen molar-refractivity contribution < 1.29 is 24.9 Å². The van der Waals surface area contributed by atoms with Gasteiger partial charge < -0.3 is 20.1 Å². The highest BCUT2D eigenvalue weighted by Crippen LogP contribution is 2.41. The molecule has 0 heterocycles. The highest BCUT2D eigenvalue weighted by atomic mass is 16.5. The molecule has 1 unspecified atom stereocenters. The molecule has 2 aromatic carbocycles. The molecule has 0 spiro atoms. The van der Waals surface area contributed by atoms with E-state index in [1.54, 1.807) is 24.3 Å². The summed E-state index contributed by atoms with van der Waals surface area (Å²) in [5.41, 5.74) is 2.08. The minimum absolute atomic E-state index is 0.0270. The molecule has 0 aliphatic rings. The van der Waals surface area contributed by atoms with E-state index < -0.39 is 12.0 Å². The van der Waals surface area contributed by atoms with Gasteiger partial charge in [-0.25, -0.2) is 0 Å². The number of aliphatic carboxylic acids is 1. The summed E-state index contributed by atoms with van der Waals surface area (Å²) < 4.78 is 5.12. The molecule has 0 amide bonds. The quantitative estimate of drug-likeness (QED) is 0.550. The average Bonchev–Trinajstić information content (AvgIpc) is 2.61. The van der Waals surface area contributed by atoms with Crippen LogP contribution in [0.25, 0.3) is 0 Å². The second-order valence-electron chi connectivity index (χ2n) is 9.62. The molecule has 0 saturated heterocycles. The molecule has 2 aromatic rings. The van der Waals surface area contributed by atoms with Crippen LogP contribution in [0.3, 0.4) is 0 Å². The highest BCUT2D eigenvalue weighted by molar-refractivity contribution is 5.76. The number of ether oxygens (including phenoxy) is 1. The molecule has 0 aliphatic carbocycles. The van der Waals surface area contributed by atoms with Crippen molar-refractivity contribution in [2.45, 2.75) is 65.0 Å². The van der Waals surface area contributed by atoms with E-state index in [9.17, 15) is 20.1 Å². The number of hydrogen-bond acceptors (Lipinski definition) is 5. The number of phenols is 2. The van der Waals surface area contributed by atoms with Gasteiger partial charge in [0.15, 0.2) is 11.5 Å². The third-order valence-electron chi connectivity index (χ3n) is 5.08. The Kier molecular flexibility index (Phi) is 6.72. The zero-order chi connectivity index (χ0) is 22.9.